The third-order valence-corrected chi connectivity index (χ3v) is 7.02. The maximum Gasteiger partial charge on any atom is 0.251 e. The monoisotopic (exact) mass is 460 g/mol. The molecule has 2 aromatic carbocycles. The summed E-state index contributed by atoms with van der Waals surface area (Å²) in [6, 6.07) is 12.8. The Balaban J connectivity index is 1.57. The number of aromatic nitrogens is 2. The highest BCUT2D eigenvalue weighted by Gasteiger charge is 2.42. The highest BCUT2D eigenvalue weighted by molar-refractivity contribution is 6.04. The molecule has 6 nitrogen and oxygen atoms in total. The molecule has 0 saturated heterocycles. The lowest BCUT2D eigenvalue weighted by Crippen LogP contribution is -2.50. The summed E-state index contributed by atoms with van der Waals surface area (Å²) in [5.41, 5.74) is 3.91. The second-order valence-corrected chi connectivity index (χ2v) is 9.42. The summed E-state index contributed by atoms with van der Waals surface area (Å²) in [5, 5.41) is 10.8. The number of aryl methyl sites for hydroxylation is 2. The van der Waals surface area contributed by atoms with Gasteiger partial charge in [0, 0.05) is 17.0 Å². The van der Waals surface area contributed by atoms with Crippen LogP contribution >= 0.6 is 0 Å². The zero-order valence-corrected chi connectivity index (χ0v) is 19.5. The van der Waals surface area contributed by atoms with Crippen molar-refractivity contribution in [1.29, 1.82) is 0 Å². The number of carbonyl (C=O) groups excluding carboxylic acids is 2. The fraction of sp³-hybridized carbons (Fsp3) is 0.370. The van der Waals surface area contributed by atoms with Crippen LogP contribution in [0.3, 0.4) is 0 Å². The van der Waals surface area contributed by atoms with Crippen LogP contribution in [0, 0.1) is 19.7 Å². The average molecular weight is 461 g/mol. The van der Waals surface area contributed by atoms with Crippen LogP contribution in [0.2, 0.25) is 0 Å². The van der Waals surface area contributed by atoms with E-state index in [-0.39, 0.29) is 23.7 Å². The zero-order chi connectivity index (χ0) is 23.8. The molecule has 2 heterocycles. The first-order valence-corrected chi connectivity index (χ1v) is 11.9. The van der Waals surface area contributed by atoms with E-state index in [1.54, 1.807) is 24.3 Å². The number of hydrogen-bond acceptors (Lipinski definition) is 3. The van der Waals surface area contributed by atoms with Gasteiger partial charge in [-0.15, -0.1) is 0 Å². The Labute approximate surface area is 198 Å². The molecule has 0 radical (unpaired) electrons. The van der Waals surface area contributed by atoms with Crippen molar-refractivity contribution in [2.45, 2.75) is 64.0 Å². The minimum Gasteiger partial charge on any atom is -0.339 e. The van der Waals surface area contributed by atoms with Gasteiger partial charge in [-0.3, -0.25) is 9.59 Å². The molecule has 1 saturated carbocycles. The quantitative estimate of drug-likeness (QED) is 0.574. The minimum atomic E-state index is -0.853. The largest absolute Gasteiger partial charge is 0.339 e. The summed E-state index contributed by atoms with van der Waals surface area (Å²) in [6.45, 7) is 3.85. The van der Waals surface area contributed by atoms with Gasteiger partial charge in [0.25, 0.3) is 5.91 Å². The third-order valence-electron chi connectivity index (χ3n) is 7.02. The van der Waals surface area contributed by atoms with Crippen LogP contribution < -0.4 is 10.6 Å². The topological polar surface area (TPSA) is 76.0 Å². The van der Waals surface area contributed by atoms with Gasteiger partial charge in [-0.05, 0) is 56.5 Å². The lowest BCUT2D eigenvalue weighted by Gasteiger charge is -2.34. The van der Waals surface area contributed by atoms with Gasteiger partial charge in [0.1, 0.15) is 17.7 Å². The van der Waals surface area contributed by atoms with Crippen LogP contribution in [0.4, 0.5) is 10.2 Å². The van der Waals surface area contributed by atoms with E-state index in [9.17, 15) is 14.0 Å². The van der Waals surface area contributed by atoms with Gasteiger partial charge in [0.05, 0.1) is 11.7 Å². The summed E-state index contributed by atoms with van der Waals surface area (Å²) in [5.74, 6) is -0.740. The van der Waals surface area contributed by atoms with E-state index in [1.807, 2.05) is 30.7 Å². The smallest absolute Gasteiger partial charge is 0.251 e. The Morgan fingerprint density at radius 3 is 2.53 bits per heavy atom. The van der Waals surface area contributed by atoms with E-state index >= 15 is 0 Å². The van der Waals surface area contributed by atoms with Gasteiger partial charge in [-0.1, -0.05) is 49.1 Å². The molecule has 1 aliphatic heterocycles. The van der Waals surface area contributed by atoms with E-state index in [0.29, 0.717) is 11.4 Å². The molecule has 2 aliphatic rings. The Morgan fingerprint density at radius 1 is 1.09 bits per heavy atom. The molecule has 2 atom stereocenters. The summed E-state index contributed by atoms with van der Waals surface area (Å²) < 4.78 is 15.7. The number of carbonyl (C=O) groups is 2. The molecule has 0 unspecified atom stereocenters. The highest BCUT2D eigenvalue weighted by atomic mass is 19.1. The number of fused-ring (bicyclic) bond motifs is 1. The first kappa shape index (κ1) is 22.3. The number of rotatable bonds is 4. The van der Waals surface area contributed by atoms with Crippen LogP contribution in [-0.4, -0.2) is 27.6 Å². The van der Waals surface area contributed by atoms with E-state index in [4.69, 9.17) is 5.10 Å². The lowest BCUT2D eigenvalue weighted by atomic mass is 9.81. The molecular formula is C27H29FN4O2. The number of hydrogen-bond donors (Lipinski definition) is 2. The third kappa shape index (κ3) is 4.11. The molecule has 5 rings (SSSR count). The van der Waals surface area contributed by atoms with Gasteiger partial charge in [0.2, 0.25) is 5.91 Å². The number of benzene rings is 2. The van der Waals surface area contributed by atoms with Crippen molar-refractivity contribution in [2.75, 3.05) is 5.32 Å². The Hall–Kier alpha value is -3.48. The summed E-state index contributed by atoms with van der Waals surface area (Å²) >= 11 is 0. The average Bonchev–Trinajstić information content (AvgIpc) is 3.16. The molecule has 1 aromatic heterocycles. The van der Waals surface area contributed by atoms with Crippen molar-refractivity contribution in [1.82, 2.24) is 15.1 Å². The van der Waals surface area contributed by atoms with Crippen molar-refractivity contribution < 1.29 is 14.0 Å². The first-order chi connectivity index (χ1) is 16.4. The second kappa shape index (κ2) is 9.05. The first-order valence-electron chi connectivity index (χ1n) is 11.9. The van der Waals surface area contributed by atoms with Gasteiger partial charge >= 0.3 is 0 Å². The molecule has 0 bridgehead atoms. The van der Waals surface area contributed by atoms with E-state index in [2.05, 4.69) is 10.6 Å². The van der Waals surface area contributed by atoms with Gasteiger partial charge in [0.15, 0.2) is 0 Å². The van der Waals surface area contributed by atoms with Gasteiger partial charge in [-0.25, -0.2) is 9.07 Å². The number of nitrogens with one attached hydrogen (secondary N) is 2. The Bertz CT molecular complexity index is 1230. The molecule has 3 aromatic rings. The predicted molar refractivity (Wildman–Crippen MR) is 128 cm³/mol. The summed E-state index contributed by atoms with van der Waals surface area (Å²) in [6.07, 6.45) is 5.55. The van der Waals surface area contributed by atoms with Crippen LogP contribution in [0.25, 0.3) is 0 Å². The number of amides is 2. The molecule has 2 N–H and O–H groups in total. The molecule has 1 aliphatic carbocycles. The molecular weight excluding hydrogens is 431 g/mol. The van der Waals surface area contributed by atoms with Crippen LogP contribution in [0.15, 0.2) is 48.5 Å². The molecule has 176 valence electrons. The maximum atomic E-state index is 13.8. The Kier molecular flexibility index (Phi) is 5.94. The second-order valence-electron chi connectivity index (χ2n) is 9.42. The van der Waals surface area contributed by atoms with Crippen molar-refractivity contribution in [3.63, 3.8) is 0 Å². The lowest BCUT2D eigenvalue weighted by molar-refractivity contribution is -0.118. The standard InChI is InChI=1S/C27H29FN4O2/c1-16-7-6-8-19(15-16)26(33)29-24-23(18-11-13-20(28)14-12-18)22-17(2)31-32(25(22)30-27(24)34)21-9-4-3-5-10-21/h6-8,11-15,21,23-24H,3-5,9-10H2,1-2H3,(H,29,33)(H,30,34)/t23-,24-/m0/s1. The number of anilines is 1. The normalized spacial score (nSPS) is 20.5. The molecule has 7 heteroatoms. The van der Waals surface area contributed by atoms with E-state index in [0.717, 1.165) is 48.1 Å². The molecule has 2 amide bonds. The molecule has 34 heavy (non-hydrogen) atoms. The van der Waals surface area contributed by atoms with Gasteiger partial charge < -0.3 is 10.6 Å². The zero-order valence-electron chi connectivity index (χ0n) is 19.5. The fourth-order valence-electron chi connectivity index (χ4n) is 5.35. The molecule has 1 fully saturated rings. The van der Waals surface area contributed by atoms with Crippen LogP contribution in [-0.2, 0) is 4.79 Å². The number of nitrogens with zero attached hydrogens (tertiary/aromatic N) is 2. The van der Waals surface area contributed by atoms with Crippen molar-refractivity contribution in [2.24, 2.45) is 0 Å². The highest BCUT2D eigenvalue weighted by Crippen LogP contribution is 2.42. The van der Waals surface area contributed by atoms with Crippen LogP contribution in [0.1, 0.15) is 76.8 Å². The predicted octanol–water partition coefficient (Wildman–Crippen LogP) is 5.03. The van der Waals surface area contributed by atoms with E-state index in [1.165, 1.54) is 18.6 Å². The minimum absolute atomic E-state index is 0.240. The summed E-state index contributed by atoms with van der Waals surface area (Å²) in [7, 11) is 0. The van der Waals surface area contributed by atoms with Gasteiger partial charge in [-0.2, -0.15) is 5.10 Å². The van der Waals surface area contributed by atoms with Crippen molar-refractivity contribution in [3.8, 4) is 0 Å². The van der Waals surface area contributed by atoms with Crippen LogP contribution in [0.5, 0.6) is 0 Å². The fourth-order valence-corrected chi connectivity index (χ4v) is 5.35. The SMILES string of the molecule is Cc1cccc(C(=O)N[C@@H]2C(=O)Nc3c(c(C)nn3C3CCCCC3)[C@@H]2c2ccc(F)cc2)c1. The maximum absolute atomic E-state index is 13.8. The Morgan fingerprint density at radius 2 is 1.82 bits per heavy atom. The van der Waals surface area contributed by atoms with Crippen molar-refractivity contribution >= 4 is 17.6 Å². The van der Waals surface area contributed by atoms with E-state index < -0.39 is 12.0 Å². The molecule has 0 spiro atoms. The number of halogens is 1. The summed E-state index contributed by atoms with van der Waals surface area (Å²) in [4.78, 5) is 26.6. The van der Waals surface area contributed by atoms with Crippen molar-refractivity contribution in [3.05, 3.63) is 82.3 Å².